The lowest BCUT2D eigenvalue weighted by Gasteiger charge is -2.43. The number of carbonyl (C=O) groups is 4. The number of ether oxygens (including phenoxy) is 2. The Kier molecular flexibility index (Phi) is 12.4. The predicted octanol–water partition coefficient (Wildman–Crippen LogP) is 6.36. The standard InChI is InChI=1S/C38H50Br2N6O6/c1-38(2,3)52-37(50)45-15-11-28(12-16-45)42-20-22-43(23-21-42)34(47)33(25-26-8-9-30(39)31(40)24-26)51-36(49)44-17-13-29(14-18-44)46-19-10-27-6-4-5-7-32(27)41-35(46)48/h4-9,24,28-29,33H,10-23,25H2,1-3H3,(H,41,48). The predicted molar refractivity (Wildman–Crippen MR) is 205 cm³/mol. The lowest BCUT2D eigenvalue weighted by Crippen LogP contribution is -2.57. The van der Waals surface area contributed by atoms with Gasteiger partial charge in [0.2, 0.25) is 0 Å². The molecule has 6 rings (SSSR count). The summed E-state index contributed by atoms with van der Waals surface area (Å²) in [5.41, 5.74) is 2.33. The van der Waals surface area contributed by atoms with Gasteiger partial charge in [-0.05, 0) is 114 Å². The number of fused-ring (bicyclic) bond motifs is 1. The molecule has 4 aliphatic heterocycles. The van der Waals surface area contributed by atoms with Crippen molar-refractivity contribution >= 4 is 61.7 Å². The largest absolute Gasteiger partial charge is 0.444 e. The third kappa shape index (κ3) is 9.59. The molecule has 0 bridgehead atoms. The molecule has 1 N–H and O–H groups in total. The number of hydrogen-bond acceptors (Lipinski definition) is 7. The van der Waals surface area contributed by atoms with Crippen molar-refractivity contribution in [3.05, 3.63) is 62.5 Å². The first-order valence-electron chi connectivity index (χ1n) is 18.4. The molecule has 52 heavy (non-hydrogen) atoms. The zero-order valence-electron chi connectivity index (χ0n) is 30.3. The highest BCUT2D eigenvalue weighted by Crippen LogP contribution is 2.28. The Balaban J connectivity index is 1.03. The molecule has 4 heterocycles. The lowest BCUT2D eigenvalue weighted by molar-refractivity contribution is -0.143. The number of piperidine rings is 2. The Morgan fingerprint density at radius 1 is 0.788 bits per heavy atom. The fraction of sp³-hybridized carbons (Fsp3) is 0.579. The number of carbonyl (C=O) groups excluding carboxylic acids is 4. The summed E-state index contributed by atoms with van der Waals surface area (Å²) in [5, 5.41) is 3.05. The molecule has 5 amide bonds. The van der Waals surface area contributed by atoms with Gasteiger partial charge in [0.25, 0.3) is 5.91 Å². The zero-order valence-corrected chi connectivity index (χ0v) is 33.5. The number of benzene rings is 2. The van der Waals surface area contributed by atoms with Gasteiger partial charge in [0.05, 0.1) is 0 Å². The van der Waals surface area contributed by atoms with Gasteiger partial charge < -0.3 is 34.4 Å². The second kappa shape index (κ2) is 16.8. The molecule has 12 nitrogen and oxygen atoms in total. The Morgan fingerprint density at radius 3 is 2.08 bits per heavy atom. The summed E-state index contributed by atoms with van der Waals surface area (Å²) in [6.07, 6.45) is 2.27. The van der Waals surface area contributed by atoms with Crippen LogP contribution >= 0.6 is 31.9 Å². The molecule has 0 spiro atoms. The van der Waals surface area contributed by atoms with Crippen LogP contribution in [-0.4, -0.2) is 131 Å². The van der Waals surface area contributed by atoms with Crippen molar-refractivity contribution in [2.45, 2.75) is 83.1 Å². The molecule has 1 atom stereocenters. The fourth-order valence-electron chi connectivity index (χ4n) is 7.61. The first-order valence-corrected chi connectivity index (χ1v) is 20.0. The molecular formula is C38H50Br2N6O6. The van der Waals surface area contributed by atoms with Crippen LogP contribution in [0.4, 0.5) is 20.1 Å². The average Bonchev–Trinajstić information content (AvgIpc) is 3.30. The Morgan fingerprint density at radius 2 is 1.42 bits per heavy atom. The molecule has 3 fully saturated rings. The SMILES string of the molecule is CC(C)(C)OC(=O)N1CCC(N2CCN(C(=O)C(Cc3ccc(Br)c(Br)c3)OC(=O)N3CCC(N4CCc5ccccc5NC4=O)CC3)CC2)CC1. The molecule has 2 aromatic rings. The number of urea groups is 1. The van der Waals surface area contributed by atoms with Gasteiger partial charge in [-0.3, -0.25) is 9.69 Å². The minimum Gasteiger partial charge on any atom is -0.444 e. The molecule has 282 valence electrons. The van der Waals surface area contributed by atoms with Crippen LogP contribution in [0.5, 0.6) is 0 Å². The van der Waals surface area contributed by atoms with Crippen LogP contribution in [-0.2, 0) is 27.1 Å². The third-order valence-corrected chi connectivity index (χ3v) is 12.4. The summed E-state index contributed by atoms with van der Waals surface area (Å²) in [6.45, 7) is 10.9. The van der Waals surface area contributed by atoms with E-state index in [1.54, 1.807) is 9.80 Å². The van der Waals surface area contributed by atoms with Gasteiger partial charge in [0, 0.05) is 92.0 Å². The van der Waals surface area contributed by atoms with Crippen molar-refractivity contribution in [3.63, 3.8) is 0 Å². The summed E-state index contributed by atoms with van der Waals surface area (Å²) in [7, 11) is 0. The van der Waals surface area contributed by atoms with E-state index in [9.17, 15) is 19.2 Å². The van der Waals surface area contributed by atoms with Gasteiger partial charge in [0.1, 0.15) is 5.60 Å². The molecule has 0 saturated carbocycles. The molecule has 3 saturated heterocycles. The summed E-state index contributed by atoms with van der Waals surface area (Å²) < 4.78 is 13.4. The van der Waals surface area contributed by atoms with E-state index >= 15 is 0 Å². The quantitative estimate of drug-likeness (QED) is 0.360. The van der Waals surface area contributed by atoms with Crippen molar-refractivity contribution in [1.29, 1.82) is 0 Å². The average molecular weight is 847 g/mol. The number of likely N-dealkylation sites (tertiary alicyclic amines) is 2. The molecule has 0 aliphatic carbocycles. The van der Waals surface area contributed by atoms with Gasteiger partial charge in [-0.15, -0.1) is 0 Å². The van der Waals surface area contributed by atoms with E-state index in [0.29, 0.717) is 64.7 Å². The van der Waals surface area contributed by atoms with Crippen molar-refractivity contribution < 1.29 is 28.7 Å². The highest BCUT2D eigenvalue weighted by Gasteiger charge is 2.37. The second-order valence-corrected chi connectivity index (χ2v) is 16.8. The van der Waals surface area contributed by atoms with E-state index in [2.05, 4.69) is 42.1 Å². The van der Waals surface area contributed by atoms with Crippen LogP contribution in [0.15, 0.2) is 51.4 Å². The summed E-state index contributed by atoms with van der Waals surface area (Å²) in [4.78, 5) is 63.0. The summed E-state index contributed by atoms with van der Waals surface area (Å²) in [5.74, 6) is -0.192. The Labute approximate surface area is 323 Å². The van der Waals surface area contributed by atoms with E-state index in [-0.39, 0.29) is 30.5 Å². The number of nitrogens with zero attached hydrogens (tertiary/aromatic N) is 5. The van der Waals surface area contributed by atoms with Gasteiger partial charge in [-0.1, -0.05) is 24.3 Å². The summed E-state index contributed by atoms with van der Waals surface area (Å²) >= 11 is 7.08. The number of hydrogen-bond donors (Lipinski definition) is 1. The number of rotatable bonds is 6. The van der Waals surface area contributed by atoms with E-state index in [0.717, 1.165) is 58.1 Å². The topological polar surface area (TPSA) is 115 Å². The highest BCUT2D eigenvalue weighted by molar-refractivity contribution is 9.13. The number of halogens is 2. The second-order valence-electron chi connectivity index (χ2n) is 15.1. The fourth-order valence-corrected chi connectivity index (χ4v) is 8.28. The first-order chi connectivity index (χ1) is 24.8. The van der Waals surface area contributed by atoms with Gasteiger partial charge in [-0.2, -0.15) is 0 Å². The van der Waals surface area contributed by atoms with Crippen LogP contribution in [0.1, 0.15) is 57.6 Å². The maximum absolute atomic E-state index is 14.1. The van der Waals surface area contributed by atoms with E-state index < -0.39 is 17.8 Å². The minimum atomic E-state index is -0.975. The van der Waals surface area contributed by atoms with Crippen molar-refractivity contribution in [1.82, 2.24) is 24.5 Å². The third-order valence-electron chi connectivity index (χ3n) is 10.5. The van der Waals surface area contributed by atoms with Crippen molar-refractivity contribution in [2.75, 3.05) is 64.2 Å². The smallest absolute Gasteiger partial charge is 0.410 e. The summed E-state index contributed by atoms with van der Waals surface area (Å²) in [6, 6.07) is 13.9. The van der Waals surface area contributed by atoms with E-state index in [1.807, 2.05) is 73.0 Å². The number of anilines is 1. The number of piperazine rings is 1. The molecule has 2 aromatic carbocycles. The van der Waals surface area contributed by atoms with Gasteiger partial charge in [-0.25, -0.2) is 14.4 Å². The number of nitrogens with one attached hydrogen (secondary N) is 1. The van der Waals surface area contributed by atoms with Crippen LogP contribution < -0.4 is 5.32 Å². The van der Waals surface area contributed by atoms with Crippen LogP contribution in [0.25, 0.3) is 0 Å². The van der Waals surface area contributed by atoms with Crippen molar-refractivity contribution in [3.8, 4) is 0 Å². The Bertz CT molecular complexity index is 1610. The maximum atomic E-state index is 14.1. The van der Waals surface area contributed by atoms with Gasteiger partial charge in [0.15, 0.2) is 6.10 Å². The molecule has 0 aromatic heterocycles. The van der Waals surface area contributed by atoms with Crippen LogP contribution in [0.2, 0.25) is 0 Å². The van der Waals surface area contributed by atoms with Gasteiger partial charge >= 0.3 is 18.2 Å². The maximum Gasteiger partial charge on any atom is 0.410 e. The Hall–Kier alpha value is -3.36. The van der Waals surface area contributed by atoms with E-state index in [4.69, 9.17) is 9.47 Å². The normalized spacial score (nSPS) is 20.1. The molecule has 1 unspecified atom stereocenters. The monoisotopic (exact) mass is 844 g/mol. The highest BCUT2D eigenvalue weighted by atomic mass is 79.9. The molecule has 14 heteroatoms. The van der Waals surface area contributed by atoms with Crippen LogP contribution in [0.3, 0.4) is 0 Å². The zero-order chi connectivity index (χ0) is 37.0. The minimum absolute atomic E-state index is 0.0109. The van der Waals surface area contributed by atoms with Crippen molar-refractivity contribution in [2.24, 2.45) is 0 Å². The molecular weight excluding hydrogens is 796 g/mol. The molecule has 4 aliphatic rings. The van der Waals surface area contributed by atoms with E-state index in [1.165, 1.54) is 0 Å². The van der Waals surface area contributed by atoms with Crippen LogP contribution in [0, 0.1) is 0 Å². The number of para-hydroxylation sites is 1. The number of amides is 5. The first kappa shape index (κ1) is 38.4. The molecule has 0 radical (unpaired) electrons. The lowest BCUT2D eigenvalue weighted by atomic mass is 10.0.